The number of rotatable bonds is 7. The summed E-state index contributed by atoms with van der Waals surface area (Å²) in [4.78, 5) is 24.0. The normalized spacial score (nSPS) is 12.6. The largest absolute Gasteiger partial charge is 0.462 e. The van der Waals surface area contributed by atoms with Crippen LogP contribution < -0.4 is 11.1 Å². The molecule has 0 bridgehead atoms. The third-order valence-corrected chi connectivity index (χ3v) is 2.99. The molecule has 0 aliphatic carbocycles. The number of ether oxygens (including phenoxy) is 2. The fraction of sp³-hybridized carbons (Fsp3) is 0.529. The topological polar surface area (TPSA) is 90.6 Å². The van der Waals surface area contributed by atoms with Crippen LogP contribution in [0.5, 0.6) is 0 Å². The third kappa shape index (κ3) is 7.65. The Kier molecular flexibility index (Phi) is 7.03. The van der Waals surface area contributed by atoms with Crippen molar-refractivity contribution in [1.29, 1.82) is 0 Å². The molecule has 0 unspecified atom stereocenters. The molecule has 6 heteroatoms. The van der Waals surface area contributed by atoms with E-state index in [9.17, 15) is 9.59 Å². The van der Waals surface area contributed by atoms with Crippen molar-refractivity contribution in [1.82, 2.24) is 5.32 Å². The zero-order chi connectivity index (χ0) is 17.5. The summed E-state index contributed by atoms with van der Waals surface area (Å²) in [5.74, 6) is -0.650. The van der Waals surface area contributed by atoms with E-state index in [-0.39, 0.29) is 19.1 Å². The highest BCUT2D eigenvalue weighted by molar-refractivity contribution is 5.81. The van der Waals surface area contributed by atoms with Gasteiger partial charge in [-0.3, -0.25) is 0 Å². The third-order valence-electron chi connectivity index (χ3n) is 2.99. The molecule has 0 heterocycles. The molecular formula is C17H26N2O4. The maximum absolute atomic E-state index is 12.1. The molecule has 3 N–H and O–H groups in total. The van der Waals surface area contributed by atoms with Crippen LogP contribution in [0.4, 0.5) is 4.79 Å². The Bertz CT molecular complexity index is 509. The molecule has 0 saturated heterocycles. The summed E-state index contributed by atoms with van der Waals surface area (Å²) in [7, 11) is 0. The van der Waals surface area contributed by atoms with Gasteiger partial charge in [0.15, 0.2) is 0 Å². The lowest BCUT2D eigenvalue weighted by Gasteiger charge is -2.23. The summed E-state index contributed by atoms with van der Waals surface area (Å²) < 4.78 is 10.3. The predicted octanol–water partition coefficient (Wildman–Crippen LogP) is 2.22. The number of amides is 1. The van der Waals surface area contributed by atoms with Gasteiger partial charge in [-0.15, -0.1) is 0 Å². The van der Waals surface area contributed by atoms with E-state index >= 15 is 0 Å². The summed E-state index contributed by atoms with van der Waals surface area (Å²) in [5.41, 5.74) is 6.04. The molecule has 1 aromatic rings. The van der Waals surface area contributed by atoms with Crippen LogP contribution >= 0.6 is 0 Å². The fourth-order valence-electron chi connectivity index (χ4n) is 1.74. The van der Waals surface area contributed by atoms with E-state index in [1.165, 1.54) is 0 Å². The van der Waals surface area contributed by atoms with Gasteiger partial charge < -0.3 is 20.5 Å². The highest BCUT2D eigenvalue weighted by Gasteiger charge is 2.27. The first-order chi connectivity index (χ1) is 10.7. The van der Waals surface area contributed by atoms with Crippen LogP contribution in [0, 0.1) is 5.92 Å². The van der Waals surface area contributed by atoms with Crippen LogP contribution in [0.3, 0.4) is 0 Å². The number of benzene rings is 1. The van der Waals surface area contributed by atoms with Crippen molar-refractivity contribution in [2.75, 3.05) is 6.61 Å². The van der Waals surface area contributed by atoms with Gasteiger partial charge in [0, 0.05) is 5.54 Å². The number of hydrogen-bond acceptors (Lipinski definition) is 5. The first kappa shape index (κ1) is 19.0. The predicted molar refractivity (Wildman–Crippen MR) is 87.6 cm³/mol. The summed E-state index contributed by atoms with van der Waals surface area (Å²) in [6.07, 6.45) is -0.656. The molecule has 0 aliphatic heterocycles. The Morgan fingerprint density at radius 1 is 1.17 bits per heavy atom. The van der Waals surface area contributed by atoms with E-state index in [0.717, 1.165) is 5.56 Å². The summed E-state index contributed by atoms with van der Waals surface area (Å²) in [6, 6.07) is 8.53. The summed E-state index contributed by atoms with van der Waals surface area (Å²) in [5, 5.41) is 2.55. The van der Waals surface area contributed by atoms with Crippen molar-refractivity contribution in [3.8, 4) is 0 Å². The van der Waals surface area contributed by atoms with Crippen LogP contribution in [0.25, 0.3) is 0 Å². The molecule has 1 aromatic carbocycles. The minimum absolute atomic E-state index is 0.0792. The number of carbonyl (C=O) groups is 2. The SMILES string of the molecule is CC(C)[C@H](NC(=O)OCc1ccccc1)C(=O)OCC(C)(C)N. The Morgan fingerprint density at radius 2 is 1.78 bits per heavy atom. The van der Waals surface area contributed by atoms with Gasteiger partial charge in [0.1, 0.15) is 19.3 Å². The van der Waals surface area contributed by atoms with Crippen molar-refractivity contribution in [3.05, 3.63) is 35.9 Å². The maximum Gasteiger partial charge on any atom is 0.408 e. The van der Waals surface area contributed by atoms with Gasteiger partial charge in [0.25, 0.3) is 0 Å². The molecule has 1 rings (SSSR count). The second-order valence-electron chi connectivity index (χ2n) is 6.52. The molecule has 128 valence electrons. The number of carbonyl (C=O) groups excluding carboxylic acids is 2. The van der Waals surface area contributed by atoms with Gasteiger partial charge in [-0.1, -0.05) is 44.2 Å². The zero-order valence-corrected chi connectivity index (χ0v) is 14.2. The second-order valence-corrected chi connectivity index (χ2v) is 6.52. The minimum atomic E-state index is -0.777. The Balaban J connectivity index is 2.51. The van der Waals surface area contributed by atoms with E-state index in [2.05, 4.69) is 5.32 Å². The van der Waals surface area contributed by atoms with Gasteiger partial charge in [0.2, 0.25) is 0 Å². The first-order valence-electron chi connectivity index (χ1n) is 7.62. The number of alkyl carbamates (subject to hydrolysis) is 1. The van der Waals surface area contributed by atoms with Gasteiger partial charge in [-0.2, -0.15) is 0 Å². The lowest BCUT2D eigenvalue weighted by atomic mass is 10.0. The number of nitrogens with two attached hydrogens (primary N) is 1. The molecule has 1 amide bonds. The van der Waals surface area contributed by atoms with Crippen molar-refractivity contribution >= 4 is 12.1 Å². The highest BCUT2D eigenvalue weighted by atomic mass is 16.6. The van der Waals surface area contributed by atoms with Gasteiger partial charge in [-0.25, -0.2) is 9.59 Å². The molecule has 0 saturated carbocycles. The minimum Gasteiger partial charge on any atom is -0.462 e. The summed E-state index contributed by atoms with van der Waals surface area (Å²) in [6.45, 7) is 7.37. The number of esters is 1. The fourth-order valence-corrected chi connectivity index (χ4v) is 1.74. The molecule has 0 spiro atoms. The Labute approximate surface area is 137 Å². The number of nitrogens with one attached hydrogen (secondary N) is 1. The average Bonchev–Trinajstić information content (AvgIpc) is 2.48. The lowest BCUT2D eigenvalue weighted by Crippen LogP contribution is -2.47. The smallest absolute Gasteiger partial charge is 0.408 e. The van der Waals surface area contributed by atoms with E-state index in [1.54, 1.807) is 13.8 Å². The van der Waals surface area contributed by atoms with Crippen LogP contribution in [0.15, 0.2) is 30.3 Å². The second kappa shape index (κ2) is 8.53. The standard InChI is InChI=1S/C17H26N2O4/c1-12(2)14(15(20)23-11-17(3,4)18)19-16(21)22-10-13-8-6-5-7-9-13/h5-9,12,14H,10-11,18H2,1-4H3,(H,19,21)/t14-/m0/s1. The quantitative estimate of drug-likeness (QED) is 0.751. The first-order valence-corrected chi connectivity index (χ1v) is 7.62. The molecule has 23 heavy (non-hydrogen) atoms. The molecule has 0 aromatic heterocycles. The van der Waals surface area contributed by atoms with E-state index in [1.807, 2.05) is 44.2 Å². The summed E-state index contributed by atoms with van der Waals surface area (Å²) >= 11 is 0. The monoisotopic (exact) mass is 322 g/mol. The van der Waals surface area contributed by atoms with Crippen LogP contribution in [0.2, 0.25) is 0 Å². The Morgan fingerprint density at radius 3 is 2.30 bits per heavy atom. The van der Waals surface area contributed by atoms with Crippen LogP contribution in [-0.4, -0.2) is 30.3 Å². The van der Waals surface area contributed by atoms with Crippen LogP contribution in [-0.2, 0) is 20.9 Å². The van der Waals surface area contributed by atoms with Gasteiger partial charge in [-0.05, 0) is 25.3 Å². The highest BCUT2D eigenvalue weighted by Crippen LogP contribution is 2.08. The van der Waals surface area contributed by atoms with Gasteiger partial charge in [0.05, 0.1) is 0 Å². The van der Waals surface area contributed by atoms with E-state index in [4.69, 9.17) is 15.2 Å². The molecule has 6 nitrogen and oxygen atoms in total. The molecule has 0 fully saturated rings. The van der Waals surface area contributed by atoms with Crippen molar-refractivity contribution < 1.29 is 19.1 Å². The van der Waals surface area contributed by atoms with E-state index < -0.39 is 23.6 Å². The average molecular weight is 322 g/mol. The van der Waals surface area contributed by atoms with Crippen molar-refractivity contribution in [2.45, 2.75) is 45.9 Å². The molecule has 0 radical (unpaired) electrons. The molecule has 1 atom stereocenters. The van der Waals surface area contributed by atoms with E-state index in [0.29, 0.717) is 0 Å². The lowest BCUT2D eigenvalue weighted by molar-refractivity contribution is -0.148. The molecular weight excluding hydrogens is 296 g/mol. The molecule has 0 aliphatic rings. The number of hydrogen-bond donors (Lipinski definition) is 2. The zero-order valence-electron chi connectivity index (χ0n) is 14.2. The van der Waals surface area contributed by atoms with Gasteiger partial charge >= 0.3 is 12.1 Å². The van der Waals surface area contributed by atoms with Crippen molar-refractivity contribution in [2.24, 2.45) is 11.7 Å². The Hall–Kier alpha value is -2.08. The maximum atomic E-state index is 12.1. The van der Waals surface area contributed by atoms with Crippen molar-refractivity contribution in [3.63, 3.8) is 0 Å². The van der Waals surface area contributed by atoms with Crippen LogP contribution in [0.1, 0.15) is 33.3 Å².